The van der Waals surface area contributed by atoms with Crippen molar-refractivity contribution >= 4 is 45.4 Å². The number of hydrogen-bond donors (Lipinski definition) is 4. The summed E-state index contributed by atoms with van der Waals surface area (Å²) in [5, 5.41) is 18.5. The average Bonchev–Trinajstić information content (AvgIpc) is 3.31. The number of amides is 1. The molecule has 0 bridgehead atoms. The Morgan fingerprint density at radius 3 is 2.42 bits per heavy atom. The molecule has 0 aliphatic carbocycles. The number of hydrogen-bond acceptors (Lipinski definition) is 9. The molecule has 0 spiro atoms. The number of nitrogens with zero attached hydrogens (tertiary/aromatic N) is 2. The third-order valence-electron chi connectivity index (χ3n) is 7.85. The van der Waals surface area contributed by atoms with Crippen molar-refractivity contribution in [3.05, 3.63) is 65.7 Å². The smallest absolute Gasteiger partial charge is 0.326 e. The lowest BCUT2D eigenvalue weighted by Gasteiger charge is -2.32. The third kappa shape index (κ3) is 8.86. The topological polar surface area (TPSA) is 157 Å². The zero-order valence-electron chi connectivity index (χ0n) is 26.0. The molecular weight excluding hydrogens is 615 g/mol. The van der Waals surface area contributed by atoms with E-state index in [2.05, 4.69) is 20.9 Å². The van der Waals surface area contributed by atoms with Gasteiger partial charge in [-0.2, -0.15) is 4.31 Å². The highest BCUT2D eigenvalue weighted by molar-refractivity contribution is 8.02. The largest absolute Gasteiger partial charge is 0.480 e. The number of carboxylic acid groups (broad SMARTS) is 1. The minimum atomic E-state index is -4.04. The zero-order valence-corrected chi connectivity index (χ0v) is 27.6. The number of carbonyl (C=O) groups excluding carboxylic acids is 2. The Morgan fingerprint density at radius 2 is 1.80 bits per heavy atom. The van der Waals surface area contributed by atoms with E-state index in [0.717, 1.165) is 31.0 Å². The van der Waals surface area contributed by atoms with Crippen LogP contribution < -0.4 is 16.0 Å². The van der Waals surface area contributed by atoms with Crippen molar-refractivity contribution in [2.24, 2.45) is 4.99 Å². The molecule has 1 fully saturated rings. The molecule has 0 aromatic heterocycles. The summed E-state index contributed by atoms with van der Waals surface area (Å²) in [4.78, 5) is 42.9. The number of carbonyl (C=O) groups is 3. The number of ketones is 1. The first-order valence-corrected chi connectivity index (χ1v) is 17.7. The van der Waals surface area contributed by atoms with E-state index in [0.29, 0.717) is 31.4 Å². The minimum absolute atomic E-state index is 0.00181. The number of guanidine groups is 1. The van der Waals surface area contributed by atoms with Gasteiger partial charge in [-0.3, -0.25) is 14.6 Å². The van der Waals surface area contributed by atoms with E-state index in [1.165, 1.54) is 28.2 Å². The Balaban J connectivity index is 1.37. The molecule has 2 aromatic carbocycles. The molecule has 2 aliphatic heterocycles. The van der Waals surface area contributed by atoms with Gasteiger partial charge in [-0.05, 0) is 56.4 Å². The van der Waals surface area contributed by atoms with Crippen LogP contribution in [-0.2, 0) is 37.2 Å². The number of sulfonamides is 1. The predicted molar refractivity (Wildman–Crippen MR) is 176 cm³/mol. The second-order valence-corrected chi connectivity index (χ2v) is 15.5. The van der Waals surface area contributed by atoms with Crippen LogP contribution in [0.15, 0.2) is 64.5 Å². The Kier molecular flexibility index (Phi) is 11.7. The van der Waals surface area contributed by atoms with Crippen LogP contribution in [-0.4, -0.2) is 83.3 Å². The highest BCUT2D eigenvalue weighted by atomic mass is 32.2. The molecule has 2 aromatic rings. The van der Waals surface area contributed by atoms with Crippen LogP contribution in [0.25, 0.3) is 0 Å². The number of aliphatic carboxylic acids is 1. The number of thioether (sulfide) groups is 1. The highest BCUT2D eigenvalue weighted by Crippen LogP contribution is 2.48. The van der Waals surface area contributed by atoms with Crippen molar-refractivity contribution in [3.63, 3.8) is 0 Å². The van der Waals surface area contributed by atoms with E-state index >= 15 is 0 Å². The molecule has 3 atom stereocenters. The summed E-state index contributed by atoms with van der Waals surface area (Å²) < 4.78 is 27.9. The minimum Gasteiger partial charge on any atom is -0.480 e. The Hall–Kier alpha value is -3.42. The maximum absolute atomic E-state index is 13.7. The van der Waals surface area contributed by atoms with Crippen molar-refractivity contribution in [1.82, 2.24) is 20.3 Å². The quantitative estimate of drug-likeness (QED) is 0.224. The van der Waals surface area contributed by atoms with Crippen molar-refractivity contribution < 1.29 is 27.9 Å². The molecule has 1 amide bonds. The monoisotopic (exact) mass is 657 g/mol. The molecule has 4 N–H and O–H groups in total. The van der Waals surface area contributed by atoms with Gasteiger partial charge < -0.3 is 21.1 Å². The summed E-state index contributed by atoms with van der Waals surface area (Å²) in [6.07, 6.45) is 2.90. The summed E-state index contributed by atoms with van der Waals surface area (Å²) in [7, 11) is -4.04. The van der Waals surface area contributed by atoms with Crippen LogP contribution in [0.3, 0.4) is 0 Å². The molecule has 45 heavy (non-hydrogen) atoms. The van der Waals surface area contributed by atoms with E-state index in [1.807, 2.05) is 6.92 Å². The fourth-order valence-electron chi connectivity index (χ4n) is 5.58. The van der Waals surface area contributed by atoms with E-state index in [4.69, 9.17) is 0 Å². The molecule has 11 nitrogen and oxygen atoms in total. The van der Waals surface area contributed by atoms with Gasteiger partial charge in [0, 0.05) is 43.6 Å². The summed E-state index contributed by atoms with van der Waals surface area (Å²) in [6, 6.07) is 12.7. The summed E-state index contributed by atoms with van der Waals surface area (Å²) in [6.45, 7) is 7.83. The van der Waals surface area contributed by atoms with E-state index in [1.54, 1.807) is 56.3 Å². The van der Waals surface area contributed by atoms with Crippen LogP contribution in [0.4, 0.5) is 0 Å². The molecule has 244 valence electrons. The fraction of sp³-hybridized carbons (Fsp3) is 0.500. The van der Waals surface area contributed by atoms with Crippen LogP contribution in [0.1, 0.15) is 57.6 Å². The molecule has 2 heterocycles. The van der Waals surface area contributed by atoms with E-state index in [-0.39, 0.29) is 23.5 Å². The van der Waals surface area contributed by atoms with Crippen LogP contribution in [0.2, 0.25) is 0 Å². The predicted octanol–water partition coefficient (Wildman–Crippen LogP) is 2.95. The first-order chi connectivity index (χ1) is 21.4. The van der Waals surface area contributed by atoms with Gasteiger partial charge in [0.1, 0.15) is 17.9 Å². The number of aliphatic imine (C=N–C) groups is 1. The summed E-state index contributed by atoms with van der Waals surface area (Å²) in [5.41, 5.74) is 1.49. The van der Waals surface area contributed by atoms with Gasteiger partial charge in [0.15, 0.2) is 5.96 Å². The summed E-state index contributed by atoms with van der Waals surface area (Å²) >= 11 is 1.39. The normalized spacial score (nSPS) is 20.5. The number of benzene rings is 2. The molecule has 1 unspecified atom stereocenters. The Labute approximate surface area is 269 Å². The van der Waals surface area contributed by atoms with Gasteiger partial charge in [0.2, 0.25) is 15.9 Å². The maximum atomic E-state index is 13.7. The number of Topliss-reactive ketones (excluding diaryl/α,β-unsaturated/α-hetero) is 1. The van der Waals surface area contributed by atoms with Crippen molar-refractivity contribution in [1.29, 1.82) is 0 Å². The molecule has 0 radical (unpaired) electrons. The van der Waals surface area contributed by atoms with E-state index < -0.39 is 44.1 Å². The first-order valence-electron chi connectivity index (χ1n) is 15.3. The molecular formula is C32H43N5O6S2. The van der Waals surface area contributed by atoms with Gasteiger partial charge in [-0.15, -0.1) is 11.8 Å². The van der Waals surface area contributed by atoms with Crippen molar-refractivity contribution in [2.75, 3.05) is 19.6 Å². The van der Waals surface area contributed by atoms with Crippen molar-refractivity contribution in [3.8, 4) is 0 Å². The van der Waals surface area contributed by atoms with Crippen LogP contribution in [0.5, 0.6) is 0 Å². The Morgan fingerprint density at radius 1 is 1.11 bits per heavy atom. The molecule has 1 saturated heterocycles. The summed E-state index contributed by atoms with van der Waals surface area (Å²) in [5.74, 6) is -0.987. The fourth-order valence-corrected chi connectivity index (χ4v) is 9.40. The lowest BCUT2D eigenvalue weighted by molar-refractivity contribution is -0.142. The molecule has 13 heteroatoms. The van der Waals surface area contributed by atoms with E-state index in [9.17, 15) is 27.9 Å². The SMILES string of the molecule is CCC1SC(C)(C)[C@@H](C(=O)N[C@@H](Cc2ccc(CC(=O)CCCNC3=NCCCN3)cc2)C(=O)O)N1S(=O)(=O)c1ccccc1. The van der Waals surface area contributed by atoms with Gasteiger partial charge in [0.05, 0.1) is 10.3 Å². The number of rotatable bonds is 14. The lowest BCUT2D eigenvalue weighted by atomic mass is 9.99. The van der Waals surface area contributed by atoms with Gasteiger partial charge in [0.25, 0.3) is 0 Å². The van der Waals surface area contributed by atoms with Crippen LogP contribution >= 0.6 is 11.8 Å². The zero-order chi connectivity index (χ0) is 32.6. The number of nitrogens with one attached hydrogen (secondary N) is 3. The molecule has 0 saturated carbocycles. The average molecular weight is 658 g/mol. The highest BCUT2D eigenvalue weighted by Gasteiger charge is 2.55. The molecule has 2 aliphatic rings. The van der Waals surface area contributed by atoms with Gasteiger partial charge in [-0.25, -0.2) is 13.2 Å². The molecule has 4 rings (SSSR count). The maximum Gasteiger partial charge on any atom is 0.326 e. The van der Waals surface area contributed by atoms with Gasteiger partial charge in [-0.1, -0.05) is 49.4 Å². The third-order valence-corrected chi connectivity index (χ3v) is 11.5. The lowest BCUT2D eigenvalue weighted by Crippen LogP contribution is -2.57. The van der Waals surface area contributed by atoms with Crippen LogP contribution in [0, 0.1) is 0 Å². The van der Waals surface area contributed by atoms with Gasteiger partial charge >= 0.3 is 5.97 Å². The Bertz CT molecular complexity index is 1480. The second-order valence-electron chi connectivity index (χ2n) is 11.8. The second kappa shape index (κ2) is 15.2. The number of carboxylic acids is 1. The standard InChI is InChI=1S/C32H43N5O6S2/c1-4-27-37(45(42,43)25-11-6-5-7-12-25)28(32(2,3)44-27)29(39)36-26(30(40)41)21-23-15-13-22(14-16-23)20-24(38)10-8-17-33-31-34-18-9-19-35-31/h5-7,11-16,26-28H,4,8-10,17-21H2,1-3H3,(H,36,39)(H,40,41)(H2,33,34,35)/t26-,27?,28+/m0/s1. The van der Waals surface area contributed by atoms with Crippen molar-refractivity contribution in [2.45, 2.75) is 86.4 Å². The first kappa shape index (κ1) is 34.5.